The highest BCUT2D eigenvalue weighted by Crippen LogP contribution is 2.30. The van der Waals surface area contributed by atoms with Crippen LogP contribution in [0.1, 0.15) is 13.3 Å². The maximum absolute atomic E-state index is 12.4. The van der Waals surface area contributed by atoms with Gasteiger partial charge in [-0.2, -0.15) is 8.78 Å². The van der Waals surface area contributed by atoms with Crippen molar-refractivity contribution in [2.45, 2.75) is 30.0 Å². The number of nitrogens with zero attached hydrogens (tertiary/aromatic N) is 1. The average Bonchev–Trinajstić information content (AvgIpc) is 2.79. The molecule has 1 heterocycles. The van der Waals surface area contributed by atoms with Crippen LogP contribution in [0.15, 0.2) is 29.2 Å². The molecule has 0 aromatic heterocycles. The van der Waals surface area contributed by atoms with Gasteiger partial charge < -0.3 is 10.0 Å². The van der Waals surface area contributed by atoms with Crippen molar-refractivity contribution in [1.82, 2.24) is 0 Å². The first-order valence-electron chi connectivity index (χ1n) is 6.37. The molecule has 1 saturated heterocycles. The molecule has 1 aliphatic heterocycles. The van der Waals surface area contributed by atoms with Crippen LogP contribution in [0.2, 0.25) is 0 Å². The summed E-state index contributed by atoms with van der Waals surface area (Å²) in [6, 6.07) is 5.38. The normalized spacial score (nSPS) is 23.6. The molecule has 1 fully saturated rings. The highest BCUT2D eigenvalue weighted by Gasteiger charge is 2.31. The summed E-state index contributed by atoms with van der Waals surface area (Å²) in [6.07, 6.45) is 0.933. The number of aliphatic hydroxyl groups excluding tert-OH is 1. The predicted molar refractivity (Wildman–Crippen MR) is 71.6 cm³/mol. The lowest BCUT2D eigenvalue weighted by Gasteiger charge is -2.27. The monoisotopic (exact) mass is 305 g/mol. The molecule has 20 heavy (non-hydrogen) atoms. The Hall–Kier alpha value is -1.21. The fraction of sp³-hybridized carbons (Fsp3) is 0.538. The number of rotatable bonds is 4. The van der Waals surface area contributed by atoms with Gasteiger partial charge in [-0.05, 0) is 36.6 Å². The minimum Gasteiger partial charge on any atom is -0.394 e. The van der Waals surface area contributed by atoms with Crippen LogP contribution in [0.25, 0.3) is 0 Å². The Morgan fingerprint density at radius 3 is 2.45 bits per heavy atom. The molecule has 0 bridgehead atoms. The number of halogens is 2. The van der Waals surface area contributed by atoms with Crippen molar-refractivity contribution >= 4 is 15.5 Å². The van der Waals surface area contributed by atoms with E-state index in [0.717, 1.165) is 18.7 Å². The van der Waals surface area contributed by atoms with E-state index in [0.29, 0.717) is 5.92 Å². The SMILES string of the molecule is CC1CCN(c2ccc(S(=O)(=O)C(F)F)cc2)C1CO. The van der Waals surface area contributed by atoms with Crippen molar-refractivity contribution in [2.75, 3.05) is 18.1 Å². The second-order valence-electron chi connectivity index (χ2n) is 5.01. The lowest BCUT2D eigenvalue weighted by Crippen LogP contribution is -2.35. The van der Waals surface area contributed by atoms with Gasteiger partial charge in [0.05, 0.1) is 17.5 Å². The van der Waals surface area contributed by atoms with E-state index in [9.17, 15) is 22.3 Å². The van der Waals surface area contributed by atoms with Gasteiger partial charge in [0, 0.05) is 12.2 Å². The van der Waals surface area contributed by atoms with Crippen molar-refractivity contribution in [1.29, 1.82) is 0 Å². The van der Waals surface area contributed by atoms with Gasteiger partial charge >= 0.3 is 5.76 Å². The molecule has 1 aromatic carbocycles. The van der Waals surface area contributed by atoms with Crippen LogP contribution in [-0.4, -0.2) is 38.5 Å². The quantitative estimate of drug-likeness (QED) is 0.923. The number of benzene rings is 1. The molecule has 1 aliphatic rings. The molecule has 2 atom stereocenters. The van der Waals surface area contributed by atoms with Crippen molar-refractivity contribution in [2.24, 2.45) is 5.92 Å². The number of hydrogen-bond acceptors (Lipinski definition) is 4. The first-order valence-corrected chi connectivity index (χ1v) is 7.92. The molecule has 0 amide bonds. The van der Waals surface area contributed by atoms with Gasteiger partial charge in [0.1, 0.15) is 0 Å². The van der Waals surface area contributed by atoms with Crippen LogP contribution < -0.4 is 4.90 Å². The first-order chi connectivity index (χ1) is 9.37. The molecule has 0 aliphatic carbocycles. The molecule has 0 saturated carbocycles. The fourth-order valence-corrected chi connectivity index (χ4v) is 3.26. The molecule has 2 rings (SSSR count). The second kappa shape index (κ2) is 5.65. The predicted octanol–water partition coefficient (Wildman–Crippen LogP) is 1.89. The summed E-state index contributed by atoms with van der Waals surface area (Å²) >= 11 is 0. The maximum atomic E-state index is 12.4. The van der Waals surface area contributed by atoms with Gasteiger partial charge in [0.2, 0.25) is 9.84 Å². The van der Waals surface area contributed by atoms with E-state index in [1.165, 1.54) is 24.3 Å². The van der Waals surface area contributed by atoms with E-state index in [1.807, 2.05) is 11.8 Å². The highest BCUT2D eigenvalue weighted by molar-refractivity contribution is 7.91. The molecule has 112 valence electrons. The van der Waals surface area contributed by atoms with Crippen LogP contribution in [0.5, 0.6) is 0 Å². The summed E-state index contributed by atoms with van der Waals surface area (Å²) in [5, 5.41) is 9.39. The summed E-state index contributed by atoms with van der Waals surface area (Å²) in [5.74, 6) is -3.07. The van der Waals surface area contributed by atoms with Gasteiger partial charge in [0.15, 0.2) is 0 Å². The highest BCUT2D eigenvalue weighted by atomic mass is 32.2. The molecule has 7 heteroatoms. The molecule has 0 spiro atoms. The van der Waals surface area contributed by atoms with E-state index < -0.39 is 15.6 Å². The minimum atomic E-state index is -4.55. The zero-order valence-corrected chi connectivity index (χ0v) is 11.9. The minimum absolute atomic E-state index is 0.0122. The molecular weight excluding hydrogens is 288 g/mol. The second-order valence-corrected chi connectivity index (χ2v) is 6.93. The Balaban J connectivity index is 2.25. The number of alkyl halides is 2. The lowest BCUT2D eigenvalue weighted by molar-refractivity contribution is 0.234. The summed E-state index contributed by atoms with van der Waals surface area (Å²) in [6.45, 7) is 2.81. The topological polar surface area (TPSA) is 57.6 Å². The van der Waals surface area contributed by atoms with Crippen molar-refractivity contribution in [3.8, 4) is 0 Å². The van der Waals surface area contributed by atoms with Gasteiger partial charge in [-0.15, -0.1) is 0 Å². The molecule has 1 N–H and O–H groups in total. The average molecular weight is 305 g/mol. The van der Waals surface area contributed by atoms with E-state index >= 15 is 0 Å². The van der Waals surface area contributed by atoms with E-state index in [2.05, 4.69) is 0 Å². The van der Waals surface area contributed by atoms with Crippen molar-refractivity contribution in [3.63, 3.8) is 0 Å². The van der Waals surface area contributed by atoms with Crippen molar-refractivity contribution in [3.05, 3.63) is 24.3 Å². The Morgan fingerprint density at radius 1 is 1.35 bits per heavy atom. The van der Waals surface area contributed by atoms with E-state index in [-0.39, 0.29) is 17.5 Å². The zero-order chi connectivity index (χ0) is 14.9. The van der Waals surface area contributed by atoms with Gasteiger partial charge in [-0.3, -0.25) is 0 Å². The van der Waals surface area contributed by atoms with Crippen LogP contribution in [0.4, 0.5) is 14.5 Å². The number of hydrogen-bond donors (Lipinski definition) is 1. The van der Waals surface area contributed by atoms with Gasteiger partial charge in [0.25, 0.3) is 0 Å². The molecule has 4 nitrogen and oxygen atoms in total. The largest absolute Gasteiger partial charge is 0.394 e. The molecule has 0 radical (unpaired) electrons. The standard InChI is InChI=1S/C13H17F2NO3S/c1-9-6-7-16(12(9)8-17)10-2-4-11(5-3-10)20(18,19)13(14)15/h2-5,9,12-13,17H,6-8H2,1H3. The number of sulfone groups is 1. The zero-order valence-electron chi connectivity index (χ0n) is 11.0. The third kappa shape index (κ3) is 2.64. The Kier molecular flexibility index (Phi) is 4.29. The number of anilines is 1. The number of aliphatic hydroxyl groups is 1. The summed E-state index contributed by atoms with van der Waals surface area (Å²) in [4.78, 5) is 1.59. The summed E-state index contributed by atoms with van der Waals surface area (Å²) in [5.41, 5.74) is 0.738. The van der Waals surface area contributed by atoms with Gasteiger partial charge in [-0.25, -0.2) is 8.42 Å². The van der Waals surface area contributed by atoms with E-state index in [4.69, 9.17) is 0 Å². The lowest BCUT2D eigenvalue weighted by atomic mass is 10.0. The van der Waals surface area contributed by atoms with Gasteiger partial charge in [-0.1, -0.05) is 6.92 Å². The summed E-state index contributed by atoms with van der Waals surface area (Å²) < 4.78 is 47.5. The molecule has 2 unspecified atom stereocenters. The smallest absolute Gasteiger partial charge is 0.341 e. The fourth-order valence-electron chi connectivity index (χ4n) is 2.54. The molecule has 1 aromatic rings. The summed E-state index contributed by atoms with van der Waals surface area (Å²) in [7, 11) is -4.55. The Labute approximate surface area is 116 Å². The van der Waals surface area contributed by atoms with E-state index in [1.54, 1.807) is 0 Å². The van der Waals surface area contributed by atoms with Crippen LogP contribution in [0, 0.1) is 5.92 Å². The third-order valence-electron chi connectivity index (χ3n) is 3.80. The first kappa shape index (κ1) is 15.2. The van der Waals surface area contributed by atoms with Crippen molar-refractivity contribution < 1.29 is 22.3 Å². The molecular formula is C13H17F2NO3S. The van der Waals surface area contributed by atoms with Crippen LogP contribution in [0.3, 0.4) is 0 Å². The Bertz CT molecular complexity index is 559. The third-order valence-corrected chi connectivity index (χ3v) is 5.20. The van der Waals surface area contributed by atoms with Crippen LogP contribution in [-0.2, 0) is 9.84 Å². The Morgan fingerprint density at radius 2 is 1.95 bits per heavy atom. The maximum Gasteiger partial charge on any atom is 0.341 e. The van der Waals surface area contributed by atoms with Crippen LogP contribution >= 0.6 is 0 Å².